The third-order valence-electron chi connectivity index (χ3n) is 6.79. The lowest BCUT2D eigenvalue weighted by Crippen LogP contribution is -2.41. The van der Waals surface area contributed by atoms with E-state index in [0.717, 1.165) is 48.3 Å². The van der Waals surface area contributed by atoms with Gasteiger partial charge in [-0.2, -0.15) is 9.37 Å². The van der Waals surface area contributed by atoms with E-state index < -0.39 is 23.4 Å². The number of pyridine rings is 3. The van der Waals surface area contributed by atoms with Crippen molar-refractivity contribution in [1.82, 2.24) is 30.2 Å². The number of fused-ring (bicyclic) bond motifs is 1. The maximum absolute atomic E-state index is 14.2. The summed E-state index contributed by atoms with van der Waals surface area (Å²) in [5.41, 5.74) is 3.31. The van der Waals surface area contributed by atoms with Gasteiger partial charge in [0, 0.05) is 42.7 Å². The van der Waals surface area contributed by atoms with Crippen molar-refractivity contribution in [3.05, 3.63) is 78.2 Å². The van der Waals surface area contributed by atoms with Crippen LogP contribution in [0.25, 0.3) is 27.9 Å². The maximum atomic E-state index is 14.2. The van der Waals surface area contributed by atoms with Crippen molar-refractivity contribution >= 4 is 33.9 Å². The minimum atomic E-state index is -1.41. The molecule has 6 rings (SSSR count). The molecule has 1 fully saturated rings. The smallest absolute Gasteiger partial charge is 0.251 e. The Morgan fingerprint density at radius 1 is 1.03 bits per heavy atom. The molecule has 11 heteroatoms. The van der Waals surface area contributed by atoms with Gasteiger partial charge in [-0.25, -0.2) is 23.7 Å². The summed E-state index contributed by atoms with van der Waals surface area (Å²) in [5, 5.41) is 6.93. The highest BCUT2D eigenvalue weighted by molar-refractivity contribution is 6.02. The minimum Gasteiger partial charge on any atom is -0.356 e. The van der Waals surface area contributed by atoms with Crippen LogP contribution in [0.15, 0.2) is 55.0 Å². The van der Waals surface area contributed by atoms with Crippen molar-refractivity contribution in [3.8, 4) is 11.4 Å². The fourth-order valence-electron chi connectivity index (χ4n) is 4.70. The maximum Gasteiger partial charge on any atom is 0.251 e. The van der Waals surface area contributed by atoms with Gasteiger partial charge in [0.2, 0.25) is 0 Å². The molecule has 0 spiro atoms. The number of rotatable bonds is 6. The van der Waals surface area contributed by atoms with Crippen LogP contribution in [-0.4, -0.2) is 51.1 Å². The number of aromatic nitrogens is 5. The van der Waals surface area contributed by atoms with Crippen LogP contribution < -0.4 is 15.5 Å². The average molecular weight is 517 g/mol. The van der Waals surface area contributed by atoms with E-state index >= 15 is 0 Å². The van der Waals surface area contributed by atoms with Gasteiger partial charge in [-0.05, 0) is 43.6 Å². The lowest BCUT2D eigenvalue weighted by atomic mass is 9.96. The van der Waals surface area contributed by atoms with Gasteiger partial charge < -0.3 is 15.5 Å². The summed E-state index contributed by atoms with van der Waals surface area (Å²) in [6.45, 7) is 1.86. The van der Waals surface area contributed by atoms with E-state index in [0.29, 0.717) is 29.0 Å². The molecule has 1 saturated heterocycles. The zero-order chi connectivity index (χ0) is 26.2. The molecule has 2 aliphatic rings. The normalized spacial score (nSPS) is 15.3. The molecule has 0 amide bonds. The first kappa shape index (κ1) is 24.0. The molecular formula is C27H23F3N8. The highest BCUT2D eigenvalue weighted by Gasteiger charge is 2.24. The van der Waals surface area contributed by atoms with Gasteiger partial charge in [0.05, 0.1) is 17.1 Å². The number of halogens is 3. The van der Waals surface area contributed by atoms with Crippen molar-refractivity contribution in [1.29, 1.82) is 0 Å². The number of piperidine rings is 1. The average Bonchev–Trinajstić information content (AvgIpc) is 2.90. The molecule has 0 atom stereocenters. The van der Waals surface area contributed by atoms with Crippen LogP contribution in [0.3, 0.4) is 0 Å². The third-order valence-corrected chi connectivity index (χ3v) is 6.79. The molecule has 5 heterocycles. The van der Waals surface area contributed by atoms with Gasteiger partial charge in [0.15, 0.2) is 23.3 Å². The van der Waals surface area contributed by atoms with Crippen LogP contribution in [-0.2, 0) is 0 Å². The van der Waals surface area contributed by atoms with Crippen molar-refractivity contribution < 1.29 is 13.2 Å². The van der Waals surface area contributed by atoms with Crippen molar-refractivity contribution in [2.45, 2.75) is 18.9 Å². The summed E-state index contributed by atoms with van der Waals surface area (Å²) in [7, 11) is 2.05. The predicted octanol–water partition coefficient (Wildman–Crippen LogP) is 4.78. The highest BCUT2D eigenvalue weighted by atomic mass is 19.2. The molecule has 0 aromatic carbocycles. The largest absolute Gasteiger partial charge is 0.356 e. The van der Waals surface area contributed by atoms with Crippen LogP contribution in [0.1, 0.15) is 18.4 Å². The highest BCUT2D eigenvalue weighted by Crippen LogP contribution is 2.36. The second-order valence-corrected chi connectivity index (χ2v) is 9.17. The molecule has 0 unspecified atom stereocenters. The molecular weight excluding hydrogens is 493 g/mol. The Morgan fingerprint density at radius 2 is 1.84 bits per heavy atom. The van der Waals surface area contributed by atoms with E-state index in [1.165, 1.54) is 6.20 Å². The third kappa shape index (κ3) is 4.45. The molecule has 0 saturated carbocycles. The Balaban J connectivity index is 1.44. The number of allylic oxidation sites excluding steroid dienone is 4. The fraction of sp³-hybridized carbons (Fsp3) is 0.222. The monoisotopic (exact) mass is 516 g/mol. The minimum absolute atomic E-state index is 0.175. The Labute approximate surface area is 216 Å². The molecule has 0 bridgehead atoms. The molecule has 2 N–H and O–H groups in total. The summed E-state index contributed by atoms with van der Waals surface area (Å²) in [5.74, 6) is -2.91. The fourth-order valence-corrected chi connectivity index (χ4v) is 4.70. The zero-order valence-electron chi connectivity index (χ0n) is 20.4. The first-order valence-electron chi connectivity index (χ1n) is 12.2. The SMILES string of the molecule is CN(c1nc(-c2ccnc(Nc3nc(F)c(F)cc3F)c2)nc2cncc(C3=CC=C3)c12)C1CCNCC1. The van der Waals surface area contributed by atoms with Gasteiger partial charge >= 0.3 is 0 Å². The quantitative estimate of drug-likeness (QED) is 0.354. The summed E-state index contributed by atoms with van der Waals surface area (Å²) >= 11 is 0. The predicted molar refractivity (Wildman–Crippen MR) is 139 cm³/mol. The van der Waals surface area contributed by atoms with Gasteiger partial charge in [-0.15, -0.1) is 0 Å². The van der Waals surface area contributed by atoms with Crippen molar-refractivity contribution in [2.75, 3.05) is 30.4 Å². The number of hydrogen-bond donors (Lipinski definition) is 2. The Bertz CT molecular complexity index is 1600. The number of hydrogen-bond acceptors (Lipinski definition) is 8. The van der Waals surface area contributed by atoms with E-state index in [-0.39, 0.29) is 5.82 Å². The first-order chi connectivity index (χ1) is 18.5. The second-order valence-electron chi connectivity index (χ2n) is 9.17. The Morgan fingerprint density at radius 3 is 2.61 bits per heavy atom. The van der Waals surface area contributed by atoms with Gasteiger partial charge in [-0.1, -0.05) is 18.2 Å². The molecule has 4 aromatic rings. The van der Waals surface area contributed by atoms with E-state index in [1.54, 1.807) is 18.3 Å². The molecule has 192 valence electrons. The molecule has 4 aromatic heterocycles. The zero-order valence-corrected chi connectivity index (χ0v) is 20.4. The first-order valence-corrected chi connectivity index (χ1v) is 12.2. The number of nitrogens with one attached hydrogen (secondary N) is 2. The number of anilines is 3. The molecule has 0 radical (unpaired) electrons. The molecule has 38 heavy (non-hydrogen) atoms. The van der Waals surface area contributed by atoms with Gasteiger partial charge in [-0.3, -0.25) is 4.98 Å². The van der Waals surface area contributed by atoms with Gasteiger partial charge in [0.25, 0.3) is 5.95 Å². The van der Waals surface area contributed by atoms with Crippen LogP contribution in [0.4, 0.5) is 30.6 Å². The van der Waals surface area contributed by atoms with Crippen molar-refractivity contribution in [2.24, 2.45) is 0 Å². The van der Waals surface area contributed by atoms with Crippen molar-refractivity contribution in [3.63, 3.8) is 0 Å². The lowest BCUT2D eigenvalue weighted by Gasteiger charge is -2.33. The van der Waals surface area contributed by atoms with Crippen LogP contribution >= 0.6 is 0 Å². The van der Waals surface area contributed by atoms with E-state index in [2.05, 4.69) is 30.5 Å². The van der Waals surface area contributed by atoms with Crippen LogP contribution in [0.5, 0.6) is 0 Å². The summed E-state index contributed by atoms with van der Waals surface area (Å²) < 4.78 is 41.0. The molecule has 8 nitrogen and oxygen atoms in total. The Kier molecular flexibility index (Phi) is 6.20. The standard InChI is InChI=1S/C27H23F3N8/c1-38(17-6-8-31-9-7-17)27-23-18(15-3-2-4-15)13-32-14-21(23)34-25(37-27)16-5-10-33-22(11-16)35-26-20(29)12-19(28)24(30)36-26/h2-5,10-14,17,31H,6-9H2,1H3,(H,33,35,36). The van der Waals surface area contributed by atoms with E-state index in [4.69, 9.17) is 9.97 Å². The summed E-state index contributed by atoms with van der Waals surface area (Å²) in [6.07, 6.45) is 13.1. The lowest BCUT2D eigenvalue weighted by molar-refractivity contribution is 0.442. The second kappa shape index (κ2) is 9.82. The van der Waals surface area contributed by atoms with E-state index in [1.807, 2.05) is 31.5 Å². The topological polar surface area (TPSA) is 91.8 Å². The van der Waals surface area contributed by atoms with E-state index in [9.17, 15) is 13.2 Å². The van der Waals surface area contributed by atoms with Crippen LogP contribution in [0.2, 0.25) is 0 Å². The Hall–Kier alpha value is -4.38. The van der Waals surface area contributed by atoms with Gasteiger partial charge in [0.1, 0.15) is 11.6 Å². The number of nitrogens with zero attached hydrogens (tertiary/aromatic N) is 6. The summed E-state index contributed by atoms with van der Waals surface area (Å²) in [6, 6.07) is 4.06. The summed E-state index contributed by atoms with van der Waals surface area (Å²) in [4.78, 5) is 23.9. The molecule has 1 aliphatic carbocycles. The molecule has 1 aliphatic heterocycles. The van der Waals surface area contributed by atoms with Crippen LogP contribution in [0, 0.1) is 17.6 Å².